The van der Waals surface area contributed by atoms with Gasteiger partial charge in [0.05, 0.1) is 17.0 Å². The Morgan fingerprint density at radius 1 is 0.907 bits per heavy atom. The van der Waals surface area contributed by atoms with Crippen molar-refractivity contribution in [3.8, 4) is 5.75 Å². The van der Waals surface area contributed by atoms with Crippen molar-refractivity contribution in [2.45, 2.75) is 82.1 Å². The van der Waals surface area contributed by atoms with E-state index in [1.54, 1.807) is 43.5 Å². The number of nitrogens with one attached hydrogen (secondary N) is 1. The van der Waals surface area contributed by atoms with Gasteiger partial charge in [-0.2, -0.15) is 38.7 Å². The Kier molecular flexibility index (Phi) is 15.9. The summed E-state index contributed by atoms with van der Waals surface area (Å²) in [4.78, 5) is 2.35. The molecule has 0 bridgehead atoms. The van der Waals surface area contributed by atoms with Gasteiger partial charge in [-0.15, -0.1) is 0 Å². The molecule has 0 atom stereocenters. The van der Waals surface area contributed by atoms with Crippen molar-refractivity contribution in [2.75, 3.05) is 24.3 Å². The second-order valence-corrected chi connectivity index (χ2v) is 15.3. The molecule has 0 heterocycles. The molecule has 2 aliphatic carbocycles. The summed E-state index contributed by atoms with van der Waals surface area (Å²) in [5.41, 5.74) is 5.40. The first-order valence-corrected chi connectivity index (χ1v) is 20.6. The van der Waals surface area contributed by atoms with Crippen molar-refractivity contribution in [1.82, 2.24) is 0 Å². The fraction of sp³-hybridized carbons (Fsp3) is 0.455. The zero-order chi connectivity index (χ0) is 31.1. The summed E-state index contributed by atoms with van der Waals surface area (Å²) in [6, 6.07) is 25.8. The Balaban J connectivity index is 0.000000225. The standard InChI is InChI=1S/C20H32NP.C13H11FNO3S.Au.ClH/c1-21(2)19-15-9-10-16-20(19)22(17-11-5-3-6-12-17)18-13-7-4-8-14-18;14-19(16,17)18-13-8-6-11(7-9-13)10-15-12-4-2-1-3-5-12;;/h9-10,15-18H,3-8,11-14H2,1-2H3;1-2,4-9,15H,10H2;;1H/q;-1;+1;. The van der Waals surface area contributed by atoms with Gasteiger partial charge in [-0.05, 0) is 81.2 Å². The zero-order valence-electron chi connectivity index (χ0n) is 25.0. The molecule has 0 radical (unpaired) electrons. The van der Waals surface area contributed by atoms with Crippen LogP contribution >= 0.6 is 17.1 Å². The molecule has 5 rings (SSSR count). The zero-order valence-corrected chi connectivity index (χ0v) is 29.7. The maximum absolute atomic E-state index is 12.3. The molecular formula is C33H44AuClFN2O3PS. The van der Waals surface area contributed by atoms with Gasteiger partial charge in [0.1, 0.15) is 11.1 Å². The van der Waals surface area contributed by atoms with E-state index in [2.05, 4.69) is 68.0 Å². The first-order chi connectivity index (χ1) is 20.8. The molecule has 2 saturated carbocycles. The predicted molar refractivity (Wildman–Crippen MR) is 178 cm³/mol. The van der Waals surface area contributed by atoms with E-state index in [0.717, 1.165) is 22.6 Å². The van der Waals surface area contributed by atoms with Gasteiger partial charge in [-0.25, -0.2) is 0 Å². The summed E-state index contributed by atoms with van der Waals surface area (Å²) in [6.45, 7) is 0.556. The van der Waals surface area contributed by atoms with E-state index in [1.807, 2.05) is 18.2 Å². The van der Waals surface area contributed by atoms with Crippen LogP contribution in [-0.4, -0.2) is 33.8 Å². The molecule has 43 heavy (non-hydrogen) atoms. The molecule has 2 aliphatic rings. The number of hydrogen-bond acceptors (Lipinski definition) is 5. The fourth-order valence-electron chi connectivity index (χ4n) is 6.19. The average Bonchev–Trinajstić information content (AvgIpc) is 3.03. The molecule has 10 heteroatoms. The van der Waals surface area contributed by atoms with Gasteiger partial charge in [0.15, 0.2) is 0 Å². The quantitative estimate of drug-likeness (QED) is 0.101. The van der Waals surface area contributed by atoms with Crippen LogP contribution in [0.25, 0.3) is 0 Å². The summed E-state index contributed by atoms with van der Waals surface area (Å²) in [7, 11) is 3.62. The second-order valence-electron chi connectivity index (χ2n) is 11.3. The third-order valence-corrected chi connectivity index (χ3v) is 12.5. The molecule has 240 valence electrons. The molecule has 5 nitrogen and oxygen atoms in total. The summed E-state index contributed by atoms with van der Waals surface area (Å²) in [5, 5.41) is 4.91. The van der Waals surface area contributed by atoms with Crippen molar-refractivity contribution in [2.24, 2.45) is 0 Å². The maximum atomic E-state index is 12.3. The van der Waals surface area contributed by atoms with E-state index in [-0.39, 0.29) is 5.75 Å². The molecular weight excluding hydrogens is 787 g/mol. The molecule has 0 amide bonds. The van der Waals surface area contributed by atoms with E-state index in [0.29, 0.717) is 6.54 Å². The Morgan fingerprint density at radius 2 is 1.49 bits per heavy atom. The number of halogens is 2. The van der Waals surface area contributed by atoms with Gasteiger partial charge in [0, 0.05) is 28.6 Å². The van der Waals surface area contributed by atoms with Crippen molar-refractivity contribution < 1.29 is 36.5 Å². The fourth-order valence-corrected chi connectivity index (χ4v) is 11.0. The van der Waals surface area contributed by atoms with Gasteiger partial charge in [-0.3, -0.25) is 0 Å². The summed E-state index contributed by atoms with van der Waals surface area (Å²) in [5.74, 6) is -0.0562. The van der Waals surface area contributed by atoms with Crippen molar-refractivity contribution in [3.63, 3.8) is 0 Å². The minimum atomic E-state index is -4.97. The first kappa shape index (κ1) is 35.9. The number of nitrogens with zero attached hydrogens (tertiary/aromatic N) is 1. The molecule has 1 N–H and O–H groups in total. The predicted octanol–water partition coefficient (Wildman–Crippen LogP) is 8.64. The Morgan fingerprint density at radius 3 is 2.00 bits per heavy atom. The molecule has 0 saturated heterocycles. The minimum absolute atomic E-state index is 0.0562. The van der Waals surface area contributed by atoms with E-state index in [1.165, 1.54) is 82.0 Å². The number of rotatable bonds is 9. The molecule has 0 aliphatic heterocycles. The molecule has 3 aromatic rings. The monoisotopic (exact) mass is 830 g/mol. The topological polar surface area (TPSA) is 58.6 Å². The molecule has 0 unspecified atom stereocenters. The van der Waals surface area contributed by atoms with Gasteiger partial charge in [-0.1, -0.05) is 46.7 Å². The van der Waals surface area contributed by atoms with E-state index in [4.69, 9.17) is 0 Å². The van der Waals surface area contributed by atoms with E-state index < -0.39 is 18.4 Å². The van der Waals surface area contributed by atoms with Crippen LogP contribution in [0.15, 0.2) is 72.8 Å². The number of anilines is 2. The van der Waals surface area contributed by atoms with Crippen LogP contribution in [0.5, 0.6) is 5.75 Å². The summed E-state index contributed by atoms with van der Waals surface area (Å²) < 4.78 is 37.0. The van der Waals surface area contributed by atoms with Crippen LogP contribution in [0.3, 0.4) is 0 Å². The van der Waals surface area contributed by atoms with Crippen molar-refractivity contribution in [1.29, 1.82) is 0 Å². The SMILES string of the molecule is CN(C)c1ccccc1[PH+](C1CCCCC1)C1CCCCC1.O=S(=O)(F)Oc1ccc(CNc2c[c-]ccc2)cc1.[Cl][Au]. The molecule has 0 aromatic heterocycles. The van der Waals surface area contributed by atoms with Gasteiger partial charge < -0.3 is 14.4 Å². The Labute approximate surface area is 275 Å². The normalized spacial score (nSPS) is 15.9. The van der Waals surface area contributed by atoms with Crippen LogP contribution in [0.1, 0.15) is 69.8 Å². The third-order valence-electron chi connectivity index (χ3n) is 8.11. The van der Waals surface area contributed by atoms with Crippen LogP contribution in [0.2, 0.25) is 0 Å². The first-order valence-electron chi connectivity index (χ1n) is 15.0. The Bertz CT molecular complexity index is 1290. The molecule has 2 fully saturated rings. The average molecular weight is 831 g/mol. The van der Waals surface area contributed by atoms with Crippen molar-refractivity contribution in [3.05, 3.63) is 84.4 Å². The molecule has 0 spiro atoms. The van der Waals surface area contributed by atoms with E-state index >= 15 is 0 Å². The van der Waals surface area contributed by atoms with Crippen LogP contribution in [0.4, 0.5) is 15.3 Å². The molecule has 3 aromatic carbocycles. The summed E-state index contributed by atoms with van der Waals surface area (Å²) in [6.07, 6.45) is 14.9. The van der Waals surface area contributed by atoms with E-state index in [9.17, 15) is 12.3 Å². The van der Waals surface area contributed by atoms with Crippen LogP contribution in [-0.2, 0) is 37.0 Å². The number of para-hydroxylation sites is 1. The van der Waals surface area contributed by atoms with Crippen LogP contribution < -0.4 is 19.7 Å². The van der Waals surface area contributed by atoms with Crippen LogP contribution in [0, 0.1) is 6.07 Å². The number of hydrogen-bond donors (Lipinski definition) is 1. The summed E-state index contributed by atoms with van der Waals surface area (Å²) >= 11 is 1.75. The second kappa shape index (κ2) is 19.0. The van der Waals surface area contributed by atoms with Gasteiger partial charge >= 0.3 is 39.7 Å². The van der Waals surface area contributed by atoms with Gasteiger partial charge in [0.25, 0.3) is 0 Å². The third kappa shape index (κ3) is 12.4. The van der Waals surface area contributed by atoms with Crippen molar-refractivity contribution >= 4 is 44.3 Å². The Hall–Kier alpha value is -1.60. The van der Waals surface area contributed by atoms with Gasteiger partial charge in [0.2, 0.25) is 0 Å². The number of benzene rings is 3.